The zero-order chi connectivity index (χ0) is 14.5. The lowest BCUT2D eigenvalue weighted by molar-refractivity contribution is 0.0934. The van der Waals surface area contributed by atoms with Crippen LogP contribution in [0.4, 0.5) is 0 Å². The van der Waals surface area contributed by atoms with E-state index in [0.29, 0.717) is 15.2 Å². The fraction of sp³-hybridized carbons (Fsp3) is 0.200. The normalized spacial score (nSPS) is 11.9. The Hall–Kier alpha value is -1.39. The third kappa shape index (κ3) is 4.05. The van der Waals surface area contributed by atoms with Gasteiger partial charge < -0.3 is 5.32 Å². The van der Waals surface area contributed by atoms with E-state index in [1.807, 2.05) is 31.2 Å². The third-order valence-electron chi connectivity index (χ3n) is 2.78. The van der Waals surface area contributed by atoms with Gasteiger partial charge in [-0.25, -0.2) is 4.98 Å². The van der Waals surface area contributed by atoms with E-state index in [9.17, 15) is 4.79 Å². The summed E-state index contributed by atoms with van der Waals surface area (Å²) >= 11 is 9.27. The number of carbonyl (C=O) groups excluding carboxylic acids is 1. The van der Waals surface area contributed by atoms with Gasteiger partial charge in [-0.05, 0) is 59.1 Å². The Labute approximate surface area is 131 Å². The lowest BCUT2D eigenvalue weighted by atomic mass is 10.1. The molecule has 0 spiro atoms. The number of rotatable bonds is 4. The molecule has 104 valence electrons. The predicted octanol–water partition coefficient (Wildman–Crippen LogP) is 3.86. The van der Waals surface area contributed by atoms with Crippen molar-refractivity contribution in [3.05, 3.63) is 63.3 Å². The van der Waals surface area contributed by atoms with Crippen molar-refractivity contribution in [3.63, 3.8) is 0 Å². The molecule has 0 saturated heterocycles. The van der Waals surface area contributed by atoms with Crippen molar-refractivity contribution < 1.29 is 4.79 Å². The van der Waals surface area contributed by atoms with Crippen LogP contribution in [0.2, 0.25) is 5.02 Å². The van der Waals surface area contributed by atoms with Crippen LogP contribution >= 0.6 is 27.5 Å². The maximum Gasteiger partial charge on any atom is 0.271 e. The SMILES string of the molecule is CC(Cc1cccc(Cl)c1)NC(=O)c1ncccc1Br. The van der Waals surface area contributed by atoms with Crippen LogP contribution < -0.4 is 5.32 Å². The number of hydrogen-bond acceptors (Lipinski definition) is 2. The minimum atomic E-state index is -0.188. The van der Waals surface area contributed by atoms with Crippen LogP contribution in [0, 0.1) is 0 Å². The van der Waals surface area contributed by atoms with Crippen LogP contribution in [0.5, 0.6) is 0 Å². The third-order valence-corrected chi connectivity index (χ3v) is 3.66. The van der Waals surface area contributed by atoms with E-state index in [1.54, 1.807) is 18.3 Å². The van der Waals surface area contributed by atoms with E-state index in [2.05, 4.69) is 26.2 Å². The molecular formula is C15H14BrClN2O. The summed E-state index contributed by atoms with van der Waals surface area (Å²) in [7, 11) is 0. The molecule has 0 aliphatic rings. The summed E-state index contributed by atoms with van der Waals surface area (Å²) in [5, 5.41) is 3.63. The Morgan fingerprint density at radius 2 is 2.20 bits per heavy atom. The molecule has 1 N–H and O–H groups in total. The van der Waals surface area contributed by atoms with Gasteiger partial charge in [-0.15, -0.1) is 0 Å². The van der Waals surface area contributed by atoms with E-state index < -0.39 is 0 Å². The smallest absolute Gasteiger partial charge is 0.271 e. The molecule has 2 aromatic rings. The highest BCUT2D eigenvalue weighted by atomic mass is 79.9. The monoisotopic (exact) mass is 352 g/mol. The fourth-order valence-electron chi connectivity index (χ4n) is 1.91. The lowest BCUT2D eigenvalue weighted by Crippen LogP contribution is -2.34. The van der Waals surface area contributed by atoms with Crippen molar-refractivity contribution in [2.75, 3.05) is 0 Å². The predicted molar refractivity (Wildman–Crippen MR) is 84.0 cm³/mol. The molecule has 1 unspecified atom stereocenters. The van der Waals surface area contributed by atoms with Crippen LogP contribution in [-0.2, 0) is 6.42 Å². The van der Waals surface area contributed by atoms with Crippen LogP contribution in [0.15, 0.2) is 47.1 Å². The van der Waals surface area contributed by atoms with Gasteiger partial charge >= 0.3 is 0 Å². The topological polar surface area (TPSA) is 42.0 Å². The average molecular weight is 354 g/mol. The Morgan fingerprint density at radius 1 is 1.40 bits per heavy atom. The first kappa shape index (κ1) is 15.0. The molecular weight excluding hydrogens is 340 g/mol. The van der Waals surface area contributed by atoms with Crippen molar-refractivity contribution >= 4 is 33.4 Å². The van der Waals surface area contributed by atoms with Crippen LogP contribution in [0.1, 0.15) is 23.0 Å². The number of benzene rings is 1. The van der Waals surface area contributed by atoms with E-state index in [4.69, 9.17) is 11.6 Å². The van der Waals surface area contributed by atoms with Gasteiger partial charge in [-0.1, -0.05) is 23.7 Å². The Balaban J connectivity index is 2.00. The minimum Gasteiger partial charge on any atom is -0.348 e. The zero-order valence-corrected chi connectivity index (χ0v) is 13.3. The second kappa shape index (κ2) is 6.86. The lowest BCUT2D eigenvalue weighted by Gasteiger charge is -2.14. The fourth-order valence-corrected chi connectivity index (χ4v) is 2.56. The molecule has 1 aromatic carbocycles. The number of nitrogens with zero attached hydrogens (tertiary/aromatic N) is 1. The number of carbonyl (C=O) groups is 1. The molecule has 2 rings (SSSR count). The molecule has 0 aliphatic carbocycles. The van der Waals surface area contributed by atoms with Gasteiger partial charge in [-0.3, -0.25) is 4.79 Å². The quantitative estimate of drug-likeness (QED) is 0.907. The highest BCUT2D eigenvalue weighted by Crippen LogP contribution is 2.14. The van der Waals surface area contributed by atoms with Crippen LogP contribution in [0.3, 0.4) is 0 Å². The minimum absolute atomic E-state index is 0.00475. The summed E-state index contributed by atoms with van der Waals surface area (Å²) < 4.78 is 0.687. The largest absolute Gasteiger partial charge is 0.348 e. The number of aromatic nitrogens is 1. The average Bonchev–Trinajstić information content (AvgIpc) is 2.38. The van der Waals surface area contributed by atoms with Crippen molar-refractivity contribution in [2.24, 2.45) is 0 Å². The Bertz CT molecular complexity index is 618. The van der Waals surface area contributed by atoms with Crippen LogP contribution in [-0.4, -0.2) is 16.9 Å². The molecule has 0 saturated carbocycles. The van der Waals surface area contributed by atoms with E-state index in [1.165, 1.54) is 0 Å². The molecule has 1 amide bonds. The molecule has 1 heterocycles. The van der Waals surface area contributed by atoms with E-state index in [-0.39, 0.29) is 11.9 Å². The summed E-state index contributed by atoms with van der Waals surface area (Å²) in [6.45, 7) is 1.95. The highest BCUT2D eigenvalue weighted by Gasteiger charge is 2.14. The maximum atomic E-state index is 12.1. The Morgan fingerprint density at radius 3 is 2.90 bits per heavy atom. The number of pyridine rings is 1. The Kier molecular flexibility index (Phi) is 5.15. The first-order valence-electron chi connectivity index (χ1n) is 6.22. The van der Waals surface area contributed by atoms with Gasteiger partial charge in [-0.2, -0.15) is 0 Å². The van der Waals surface area contributed by atoms with E-state index >= 15 is 0 Å². The molecule has 20 heavy (non-hydrogen) atoms. The molecule has 5 heteroatoms. The van der Waals surface area contributed by atoms with Crippen molar-refractivity contribution in [1.82, 2.24) is 10.3 Å². The molecule has 0 aliphatic heterocycles. The number of nitrogens with one attached hydrogen (secondary N) is 1. The molecule has 0 radical (unpaired) electrons. The van der Waals surface area contributed by atoms with Gasteiger partial charge in [0.25, 0.3) is 5.91 Å². The summed E-state index contributed by atoms with van der Waals surface area (Å²) in [6.07, 6.45) is 2.32. The second-order valence-corrected chi connectivity index (χ2v) is 5.83. The molecule has 3 nitrogen and oxygen atoms in total. The second-order valence-electron chi connectivity index (χ2n) is 4.54. The maximum absolute atomic E-state index is 12.1. The summed E-state index contributed by atoms with van der Waals surface area (Å²) in [5.74, 6) is -0.188. The van der Waals surface area contributed by atoms with Crippen LogP contribution in [0.25, 0.3) is 0 Å². The molecule has 1 aromatic heterocycles. The number of amides is 1. The molecule has 1 atom stereocenters. The van der Waals surface area contributed by atoms with Crippen molar-refractivity contribution in [3.8, 4) is 0 Å². The summed E-state index contributed by atoms with van der Waals surface area (Å²) in [6, 6.07) is 11.2. The first-order chi connectivity index (χ1) is 9.56. The van der Waals surface area contributed by atoms with Gasteiger partial charge in [0.15, 0.2) is 0 Å². The zero-order valence-electron chi connectivity index (χ0n) is 10.9. The van der Waals surface area contributed by atoms with Crippen molar-refractivity contribution in [2.45, 2.75) is 19.4 Å². The van der Waals surface area contributed by atoms with Gasteiger partial charge in [0, 0.05) is 21.7 Å². The van der Waals surface area contributed by atoms with Crippen molar-refractivity contribution in [1.29, 1.82) is 0 Å². The van der Waals surface area contributed by atoms with Gasteiger partial charge in [0.1, 0.15) is 5.69 Å². The first-order valence-corrected chi connectivity index (χ1v) is 7.39. The highest BCUT2D eigenvalue weighted by molar-refractivity contribution is 9.10. The number of halogens is 2. The van der Waals surface area contributed by atoms with Gasteiger partial charge in [0.05, 0.1) is 0 Å². The molecule has 0 bridgehead atoms. The van der Waals surface area contributed by atoms with E-state index in [0.717, 1.165) is 12.0 Å². The summed E-state index contributed by atoms with van der Waals surface area (Å²) in [5.41, 5.74) is 1.48. The van der Waals surface area contributed by atoms with Gasteiger partial charge in [0.2, 0.25) is 0 Å². The summed E-state index contributed by atoms with van der Waals surface area (Å²) in [4.78, 5) is 16.2. The number of hydrogen-bond donors (Lipinski definition) is 1. The standard InChI is InChI=1S/C15H14BrClN2O/c1-10(8-11-4-2-5-12(17)9-11)19-15(20)14-13(16)6-3-7-18-14/h2-7,9-10H,8H2,1H3,(H,19,20). The molecule has 0 fully saturated rings.